The Bertz CT molecular complexity index is 4540. The summed E-state index contributed by atoms with van der Waals surface area (Å²) in [4.78, 5) is 2.43. The summed E-state index contributed by atoms with van der Waals surface area (Å²) in [6.45, 7) is 16.1. The van der Waals surface area contributed by atoms with Gasteiger partial charge in [0, 0.05) is 16.8 Å². The molecule has 424 valence electrons. The minimum Gasteiger partial charge on any atom is -0.457 e. The minimum absolute atomic E-state index is 0.276. The first kappa shape index (κ1) is 54.1. The average Bonchev–Trinajstić information content (AvgIpc) is 1.64. The molecule has 5 heteroatoms. The summed E-state index contributed by atoms with van der Waals surface area (Å²) >= 11 is 0. The average molecular weight is 1140 g/mol. The number of benzene rings is 12. The van der Waals surface area contributed by atoms with Gasteiger partial charge in [0.1, 0.15) is 34.6 Å². The van der Waals surface area contributed by atoms with Crippen molar-refractivity contribution in [3.63, 3.8) is 0 Å². The molecule has 12 aromatic rings. The third kappa shape index (κ3) is 8.28. The zero-order valence-electron chi connectivity index (χ0n) is 49.4. The molecule has 0 spiro atoms. The monoisotopic (exact) mass is 1140 g/mol. The Kier molecular flexibility index (Phi) is 12.8. The third-order valence-corrected chi connectivity index (χ3v) is 18.9. The zero-order chi connectivity index (χ0) is 60.1. The van der Waals surface area contributed by atoms with Gasteiger partial charge in [-0.25, -0.2) is 8.78 Å². The van der Waals surface area contributed by atoms with Gasteiger partial charge >= 0.3 is 0 Å². The van der Waals surface area contributed by atoms with E-state index in [0.29, 0.717) is 34.1 Å². The molecule has 2 unspecified atom stereocenters. The predicted octanol–water partition coefficient (Wildman–Crippen LogP) is 22.0. The van der Waals surface area contributed by atoms with E-state index in [1.807, 2.05) is 111 Å². The lowest BCUT2D eigenvalue weighted by atomic mass is 9.67. The number of rotatable bonds is 13. The van der Waals surface area contributed by atoms with Crippen LogP contribution in [0.25, 0.3) is 45.5 Å². The smallest absolute Gasteiger partial charge is 0.127 e. The lowest BCUT2D eigenvalue weighted by molar-refractivity contribution is 0.482. The second-order valence-corrected chi connectivity index (χ2v) is 24.0. The summed E-state index contributed by atoms with van der Waals surface area (Å²) in [5, 5.41) is 0. The van der Waals surface area contributed by atoms with Gasteiger partial charge in [0.25, 0.3) is 0 Å². The Morgan fingerprint density at radius 2 is 0.716 bits per heavy atom. The van der Waals surface area contributed by atoms with Crippen molar-refractivity contribution < 1.29 is 18.3 Å². The second kappa shape index (κ2) is 20.8. The van der Waals surface area contributed by atoms with Crippen LogP contribution in [0.5, 0.6) is 23.0 Å². The molecule has 0 N–H and O–H groups in total. The molecule has 3 aliphatic rings. The zero-order valence-corrected chi connectivity index (χ0v) is 49.4. The molecule has 0 aliphatic heterocycles. The van der Waals surface area contributed by atoms with Crippen LogP contribution in [0, 0.1) is 25.5 Å². The van der Waals surface area contributed by atoms with E-state index in [1.165, 1.54) is 22.3 Å². The van der Waals surface area contributed by atoms with Crippen molar-refractivity contribution >= 4 is 29.2 Å². The minimum atomic E-state index is -0.990. The number of fused-ring (bicyclic) bond motifs is 9. The number of anilines is 3. The Balaban J connectivity index is 0.975. The van der Waals surface area contributed by atoms with Crippen LogP contribution in [0.15, 0.2) is 274 Å². The highest BCUT2D eigenvalue weighted by molar-refractivity contribution is 5.95. The summed E-state index contributed by atoms with van der Waals surface area (Å²) in [6, 6.07) is 90.1. The fourth-order valence-electron chi connectivity index (χ4n) is 14.6. The third-order valence-electron chi connectivity index (χ3n) is 18.9. The van der Waals surface area contributed by atoms with E-state index >= 15 is 8.78 Å². The molecule has 3 nitrogen and oxygen atoms in total. The number of hydrogen-bond acceptors (Lipinski definition) is 3. The standard InChI is InChI=1S/C83H61F2NO2/c1-7-54-26-38-62(39-27-54)87-64-42-32-56(33-43-64)82(58-30-24-52(3)77(84)48-58)73-21-13-10-16-66(73)69-46-36-60(50-75(69)82)86(79-23-15-19-71-68-18-9-12-20-72(68)81(5,6)80(71)79)61-37-47-70-67-17-11-14-22-74(67)83(76(70)51-61,59-31-25-53(4)78(85)49-59)57-34-44-65(45-35-57)88-63-40-28-55(8-2)29-41-63/h7-51H,1-2H2,3-6H3. The predicted molar refractivity (Wildman–Crippen MR) is 356 cm³/mol. The van der Waals surface area contributed by atoms with E-state index in [9.17, 15) is 0 Å². The van der Waals surface area contributed by atoms with E-state index < -0.39 is 16.2 Å². The summed E-state index contributed by atoms with van der Waals surface area (Å²) in [7, 11) is 0. The van der Waals surface area contributed by atoms with Gasteiger partial charge in [0.15, 0.2) is 0 Å². The number of nitrogens with zero attached hydrogens (tertiary/aromatic N) is 1. The molecule has 0 heterocycles. The van der Waals surface area contributed by atoms with E-state index in [4.69, 9.17) is 9.47 Å². The van der Waals surface area contributed by atoms with Crippen LogP contribution in [-0.4, -0.2) is 0 Å². The lowest BCUT2D eigenvalue weighted by Gasteiger charge is -2.37. The quantitative estimate of drug-likeness (QED) is 0.115. The van der Waals surface area contributed by atoms with E-state index in [1.54, 1.807) is 12.1 Å². The topological polar surface area (TPSA) is 21.7 Å². The van der Waals surface area contributed by atoms with E-state index in [0.717, 1.165) is 95.0 Å². The molecule has 0 amide bonds. The van der Waals surface area contributed by atoms with Crippen molar-refractivity contribution in [1.82, 2.24) is 0 Å². The molecule has 3 aliphatic carbocycles. The maximum Gasteiger partial charge on any atom is 0.127 e. The molecule has 0 radical (unpaired) electrons. The van der Waals surface area contributed by atoms with Crippen molar-refractivity contribution in [1.29, 1.82) is 0 Å². The van der Waals surface area contributed by atoms with Gasteiger partial charge in [0.2, 0.25) is 0 Å². The van der Waals surface area contributed by atoms with Gasteiger partial charge in [0.05, 0.1) is 16.5 Å². The van der Waals surface area contributed by atoms with Gasteiger partial charge < -0.3 is 14.4 Å². The van der Waals surface area contributed by atoms with E-state index in [2.05, 4.69) is 196 Å². The Labute approximate surface area is 513 Å². The molecule has 88 heavy (non-hydrogen) atoms. The van der Waals surface area contributed by atoms with Crippen LogP contribution in [0.4, 0.5) is 25.8 Å². The lowest BCUT2D eigenvalue weighted by Crippen LogP contribution is -2.29. The van der Waals surface area contributed by atoms with Crippen LogP contribution in [0.3, 0.4) is 0 Å². The van der Waals surface area contributed by atoms with Crippen LogP contribution in [-0.2, 0) is 16.2 Å². The van der Waals surface area contributed by atoms with Crippen LogP contribution in [0.2, 0.25) is 0 Å². The fraction of sp³-hybridized carbons (Fsp3) is 0.0843. The molecule has 2 atom stereocenters. The second-order valence-electron chi connectivity index (χ2n) is 24.0. The molecule has 0 saturated carbocycles. The highest BCUT2D eigenvalue weighted by Crippen LogP contribution is 2.62. The molecular formula is C83H61F2NO2. The Hall–Kier alpha value is -10.6. The first-order valence-corrected chi connectivity index (χ1v) is 30.0. The maximum atomic E-state index is 16.6. The highest BCUT2D eigenvalue weighted by atomic mass is 19.1. The van der Waals surface area contributed by atoms with E-state index in [-0.39, 0.29) is 11.6 Å². The summed E-state index contributed by atoms with van der Waals surface area (Å²) in [6.07, 6.45) is 3.63. The molecule has 0 saturated heterocycles. The summed E-state index contributed by atoms with van der Waals surface area (Å²) in [5.74, 6) is 2.22. The van der Waals surface area contributed by atoms with Crippen molar-refractivity contribution in [2.24, 2.45) is 0 Å². The first-order valence-electron chi connectivity index (χ1n) is 30.0. The first-order chi connectivity index (χ1) is 42.9. The van der Waals surface area contributed by atoms with Crippen LogP contribution in [0.1, 0.15) is 91.7 Å². The number of halogens is 2. The number of ether oxygens (including phenoxy) is 2. The molecule has 15 rings (SSSR count). The molecule has 0 aromatic heterocycles. The van der Waals surface area contributed by atoms with Crippen LogP contribution >= 0.6 is 0 Å². The van der Waals surface area contributed by atoms with Gasteiger partial charge in [-0.05, 0) is 216 Å². The van der Waals surface area contributed by atoms with Gasteiger partial charge in [-0.2, -0.15) is 0 Å². The SMILES string of the molecule is C=Cc1ccc(Oc2ccc(C3(c4ccc(C)c(F)c4)c4ccccc4-c4ccc(N(c5ccc6c(c5)C(c5ccc(Oc7ccc(C=C)cc7)cc5)(c5ccc(C)c(F)c5)c5ccccc5-6)c5cccc6c5C(C)(C)c5ccccc5-6)cc43)cc2)cc1. The maximum absolute atomic E-state index is 16.6. The van der Waals surface area contributed by atoms with Crippen molar-refractivity contribution in [2.45, 2.75) is 43.9 Å². The Morgan fingerprint density at radius 3 is 1.14 bits per heavy atom. The van der Waals surface area contributed by atoms with Crippen molar-refractivity contribution in [2.75, 3.05) is 4.90 Å². The van der Waals surface area contributed by atoms with Crippen LogP contribution < -0.4 is 14.4 Å². The van der Waals surface area contributed by atoms with Gasteiger partial charge in [-0.15, -0.1) is 0 Å². The highest BCUT2D eigenvalue weighted by Gasteiger charge is 2.49. The molecule has 0 bridgehead atoms. The number of hydrogen-bond donors (Lipinski definition) is 0. The summed E-state index contributed by atoms with van der Waals surface area (Å²) in [5.41, 5.74) is 20.4. The molecule has 12 aromatic carbocycles. The molecular weight excluding hydrogens is 1080 g/mol. The largest absolute Gasteiger partial charge is 0.457 e. The normalized spacial score (nSPS) is 16.1. The number of aryl methyl sites for hydroxylation is 2. The van der Waals surface area contributed by atoms with Crippen molar-refractivity contribution in [3.8, 4) is 56.4 Å². The summed E-state index contributed by atoms with van der Waals surface area (Å²) < 4.78 is 46.2. The fourth-order valence-corrected chi connectivity index (χ4v) is 14.6. The molecule has 0 fully saturated rings. The Morgan fingerprint density at radius 1 is 0.352 bits per heavy atom. The van der Waals surface area contributed by atoms with Gasteiger partial charge in [-0.3, -0.25) is 0 Å². The van der Waals surface area contributed by atoms with Crippen molar-refractivity contribution in [3.05, 3.63) is 364 Å². The van der Waals surface area contributed by atoms with Gasteiger partial charge in [-0.1, -0.05) is 209 Å².